The molecule has 2 aromatic heterocycles. The van der Waals surface area contributed by atoms with E-state index in [4.69, 9.17) is 4.42 Å². The number of hydrogen-bond donors (Lipinski definition) is 1. The maximum Gasteiger partial charge on any atom is 0.241 e. The summed E-state index contributed by atoms with van der Waals surface area (Å²) >= 11 is 0. The van der Waals surface area contributed by atoms with Crippen molar-refractivity contribution in [2.24, 2.45) is 0 Å². The predicted octanol–water partition coefficient (Wildman–Crippen LogP) is 0.734. The molecule has 3 rings (SSSR count). The number of rotatable bonds is 5. The van der Waals surface area contributed by atoms with Gasteiger partial charge in [-0.2, -0.15) is 0 Å². The van der Waals surface area contributed by atoms with E-state index in [1.807, 2.05) is 0 Å². The van der Waals surface area contributed by atoms with E-state index >= 15 is 0 Å². The topological polar surface area (TPSA) is 103 Å². The number of sulfonamides is 1. The lowest BCUT2D eigenvalue weighted by Gasteiger charge is -2.07. The van der Waals surface area contributed by atoms with Crippen LogP contribution < -0.4 is 4.72 Å². The monoisotopic (exact) mass is 305 g/mol. The van der Waals surface area contributed by atoms with Gasteiger partial charge in [0.05, 0.1) is 23.4 Å². The van der Waals surface area contributed by atoms with Crippen molar-refractivity contribution in [1.82, 2.24) is 24.9 Å². The SMILES string of the molecule is O=S(=O)(NCc1ccco1)c1cccc(-n2cnnn2)c1. The summed E-state index contributed by atoms with van der Waals surface area (Å²) < 4.78 is 33.4. The van der Waals surface area contributed by atoms with Gasteiger partial charge in [-0.1, -0.05) is 6.07 Å². The average molecular weight is 305 g/mol. The van der Waals surface area contributed by atoms with Crippen LogP contribution in [0.15, 0.2) is 58.3 Å². The second kappa shape index (κ2) is 5.46. The largest absolute Gasteiger partial charge is 0.468 e. The lowest BCUT2D eigenvalue weighted by atomic mass is 10.3. The van der Waals surface area contributed by atoms with Crippen LogP contribution in [0.2, 0.25) is 0 Å². The van der Waals surface area contributed by atoms with Crippen molar-refractivity contribution in [1.29, 1.82) is 0 Å². The van der Waals surface area contributed by atoms with Crippen molar-refractivity contribution >= 4 is 10.0 Å². The van der Waals surface area contributed by atoms with Gasteiger partial charge < -0.3 is 4.42 Å². The highest BCUT2D eigenvalue weighted by atomic mass is 32.2. The Morgan fingerprint density at radius 3 is 2.86 bits per heavy atom. The van der Waals surface area contributed by atoms with Gasteiger partial charge in [0.25, 0.3) is 0 Å². The smallest absolute Gasteiger partial charge is 0.241 e. The van der Waals surface area contributed by atoms with Gasteiger partial charge in [-0.25, -0.2) is 17.8 Å². The van der Waals surface area contributed by atoms with Crippen LogP contribution in [0.3, 0.4) is 0 Å². The molecule has 1 aromatic carbocycles. The van der Waals surface area contributed by atoms with Gasteiger partial charge in [0, 0.05) is 0 Å². The molecular weight excluding hydrogens is 294 g/mol. The minimum atomic E-state index is -3.64. The molecule has 108 valence electrons. The standard InChI is InChI=1S/C12H11N5O3S/c18-21(19,14-8-11-4-2-6-20-11)12-5-1-3-10(7-12)17-9-13-15-16-17/h1-7,9,14H,8H2. The molecule has 0 saturated heterocycles. The third kappa shape index (κ3) is 2.98. The van der Waals surface area contributed by atoms with E-state index in [0.29, 0.717) is 11.4 Å². The molecule has 0 amide bonds. The lowest BCUT2D eigenvalue weighted by Crippen LogP contribution is -2.23. The first-order valence-electron chi connectivity index (χ1n) is 6.01. The molecule has 3 aromatic rings. The maximum absolute atomic E-state index is 12.2. The zero-order chi connectivity index (χ0) is 14.7. The van der Waals surface area contributed by atoms with Crippen LogP contribution in [-0.4, -0.2) is 28.6 Å². The van der Waals surface area contributed by atoms with Crippen LogP contribution in [0.1, 0.15) is 5.76 Å². The van der Waals surface area contributed by atoms with Gasteiger partial charge in [0.1, 0.15) is 12.1 Å². The van der Waals surface area contributed by atoms with E-state index in [1.54, 1.807) is 24.3 Å². The van der Waals surface area contributed by atoms with Gasteiger partial charge in [0.15, 0.2) is 0 Å². The molecule has 8 nitrogen and oxygen atoms in total. The van der Waals surface area contributed by atoms with Crippen molar-refractivity contribution in [3.05, 3.63) is 54.7 Å². The first-order chi connectivity index (χ1) is 10.1. The highest BCUT2D eigenvalue weighted by molar-refractivity contribution is 7.89. The minimum absolute atomic E-state index is 0.0877. The molecule has 0 bridgehead atoms. The third-order valence-corrected chi connectivity index (χ3v) is 4.16. The van der Waals surface area contributed by atoms with Crippen molar-refractivity contribution < 1.29 is 12.8 Å². The summed E-state index contributed by atoms with van der Waals surface area (Å²) in [6.07, 6.45) is 2.88. The summed E-state index contributed by atoms with van der Waals surface area (Å²) in [4.78, 5) is 0.127. The summed E-state index contributed by atoms with van der Waals surface area (Å²) in [6, 6.07) is 9.71. The highest BCUT2D eigenvalue weighted by Gasteiger charge is 2.15. The van der Waals surface area contributed by atoms with Crippen molar-refractivity contribution in [2.45, 2.75) is 11.4 Å². The van der Waals surface area contributed by atoms with Gasteiger partial charge in [-0.05, 0) is 40.8 Å². The summed E-state index contributed by atoms with van der Waals surface area (Å²) in [5.74, 6) is 0.537. The number of furan rings is 1. The van der Waals surface area contributed by atoms with Crippen molar-refractivity contribution in [3.63, 3.8) is 0 Å². The summed E-state index contributed by atoms with van der Waals surface area (Å²) in [6.45, 7) is 0.0877. The Kier molecular flexibility index (Phi) is 3.50. The minimum Gasteiger partial charge on any atom is -0.468 e. The van der Waals surface area contributed by atoms with E-state index in [1.165, 1.54) is 29.4 Å². The molecule has 0 aliphatic heterocycles. The Morgan fingerprint density at radius 1 is 1.24 bits per heavy atom. The number of benzene rings is 1. The number of aromatic nitrogens is 4. The Hall–Kier alpha value is -2.52. The number of nitrogens with zero attached hydrogens (tertiary/aromatic N) is 4. The van der Waals surface area contributed by atoms with Crippen LogP contribution in [0, 0.1) is 0 Å². The summed E-state index contributed by atoms with van der Waals surface area (Å²) in [5.41, 5.74) is 0.556. The maximum atomic E-state index is 12.2. The highest BCUT2D eigenvalue weighted by Crippen LogP contribution is 2.14. The fourth-order valence-corrected chi connectivity index (χ4v) is 2.77. The Bertz CT molecular complexity index is 812. The zero-order valence-corrected chi connectivity index (χ0v) is 11.6. The van der Waals surface area contributed by atoms with E-state index in [-0.39, 0.29) is 11.4 Å². The molecule has 9 heteroatoms. The summed E-state index contributed by atoms with van der Waals surface area (Å²) in [5, 5.41) is 10.8. The molecule has 0 aliphatic carbocycles. The van der Waals surface area contributed by atoms with Gasteiger partial charge in [-0.15, -0.1) is 5.10 Å². The van der Waals surface area contributed by atoms with Gasteiger partial charge >= 0.3 is 0 Å². The zero-order valence-electron chi connectivity index (χ0n) is 10.7. The first-order valence-corrected chi connectivity index (χ1v) is 7.49. The predicted molar refractivity (Wildman–Crippen MR) is 71.9 cm³/mol. The Balaban J connectivity index is 1.83. The van der Waals surface area contributed by atoms with Crippen molar-refractivity contribution in [3.8, 4) is 5.69 Å². The van der Waals surface area contributed by atoms with E-state index < -0.39 is 10.0 Å². The van der Waals surface area contributed by atoms with Crippen LogP contribution >= 0.6 is 0 Å². The van der Waals surface area contributed by atoms with Crippen LogP contribution in [-0.2, 0) is 16.6 Å². The number of tetrazole rings is 1. The molecular formula is C12H11N5O3S. The average Bonchev–Trinajstić information content (AvgIpc) is 3.19. The van der Waals surface area contributed by atoms with Crippen LogP contribution in [0.5, 0.6) is 0 Å². The van der Waals surface area contributed by atoms with Gasteiger partial charge in [0.2, 0.25) is 10.0 Å². The normalized spacial score (nSPS) is 11.6. The summed E-state index contributed by atoms with van der Waals surface area (Å²) in [7, 11) is -3.64. The third-order valence-electron chi connectivity index (χ3n) is 2.76. The fourth-order valence-electron chi connectivity index (χ4n) is 1.74. The molecule has 2 heterocycles. The van der Waals surface area contributed by atoms with E-state index in [2.05, 4.69) is 20.2 Å². The molecule has 0 unspecified atom stereocenters. The molecule has 0 radical (unpaired) electrons. The quantitative estimate of drug-likeness (QED) is 0.745. The lowest BCUT2D eigenvalue weighted by molar-refractivity contribution is 0.498. The van der Waals surface area contributed by atoms with Crippen LogP contribution in [0.4, 0.5) is 0 Å². The molecule has 0 fully saturated rings. The number of nitrogens with one attached hydrogen (secondary N) is 1. The molecule has 0 atom stereocenters. The molecule has 0 aliphatic rings. The van der Waals surface area contributed by atoms with Gasteiger partial charge in [-0.3, -0.25) is 0 Å². The Labute approximate surface area is 120 Å². The molecule has 21 heavy (non-hydrogen) atoms. The van der Waals surface area contributed by atoms with E-state index in [0.717, 1.165) is 0 Å². The second-order valence-corrected chi connectivity index (χ2v) is 5.92. The first kappa shape index (κ1) is 13.5. The van der Waals surface area contributed by atoms with E-state index in [9.17, 15) is 8.42 Å². The fraction of sp³-hybridized carbons (Fsp3) is 0.0833. The Morgan fingerprint density at radius 2 is 2.14 bits per heavy atom. The van der Waals surface area contributed by atoms with Crippen molar-refractivity contribution in [2.75, 3.05) is 0 Å². The molecule has 0 spiro atoms. The molecule has 1 N–H and O–H groups in total. The van der Waals surface area contributed by atoms with Crippen LogP contribution in [0.25, 0.3) is 5.69 Å². The second-order valence-electron chi connectivity index (χ2n) is 4.16. The molecule has 0 saturated carbocycles. The number of hydrogen-bond acceptors (Lipinski definition) is 6.